The molecule has 0 aliphatic rings. The number of nitrogens with zero attached hydrogens (tertiary/aromatic N) is 1. The predicted molar refractivity (Wildman–Crippen MR) is 84.4 cm³/mol. The van der Waals surface area contributed by atoms with E-state index in [4.69, 9.17) is 0 Å². The minimum atomic E-state index is -0.143. The van der Waals surface area contributed by atoms with Gasteiger partial charge in [0.1, 0.15) is 0 Å². The van der Waals surface area contributed by atoms with E-state index < -0.39 is 0 Å². The highest BCUT2D eigenvalue weighted by Gasteiger charge is 2.20. The molecule has 0 aliphatic carbocycles. The third-order valence-electron chi connectivity index (χ3n) is 3.35. The zero-order valence-corrected chi connectivity index (χ0v) is 12.9. The molecule has 0 spiro atoms. The van der Waals surface area contributed by atoms with E-state index >= 15 is 0 Å². The van der Waals surface area contributed by atoms with Gasteiger partial charge in [0.05, 0.1) is 6.04 Å². The maximum absolute atomic E-state index is 12.1. The highest BCUT2D eigenvalue weighted by atomic mass is 32.1. The van der Waals surface area contributed by atoms with Crippen molar-refractivity contribution in [3.8, 4) is 0 Å². The van der Waals surface area contributed by atoms with Gasteiger partial charge < -0.3 is 10.2 Å². The van der Waals surface area contributed by atoms with Crippen molar-refractivity contribution in [2.75, 3.05) is 13.6 Å². The third kappa shape index (κ3) is 3.70. The van der Waals surface area contributed by atoms with Crippen molar-refractivity contribution < 1.29 is 9.59 Å². The number of carbonyl (C=O) groups excluding carboxylic acids is 2. The van der Waals surface area contributed by atoms with Crippen LogP contribution in [0.5, 0.6) is 0 Å². The first kappa shape index (κ1) is 15.3. The molecular formula is C16H18N2O2S. The fourth-order valence-electron chi connectivity index (χ4n) is 2.10. The van der Waals surface area contributed by atoms with Crippen LogP contribution in [0, 0.1) is 6.92 Å². The molecule has 1 N–H and O–H groups in total. The molecule has 2 aromatic rings. The molecule has 0 fully saturated rings. The van der Waals surface area contributed by atoms with Gasteiger partial charge in [-0.2, -0.15) is 0 Å². The van der Waals surface area contributed by atoms with Crippen LogP contribution in [0.4, 0.5) is 0 Å². The van der Waals surface area contributed by atoms with Crippen LogP contribution >= 0.6 is 11.3 Å². The summed E-state index contributed by atoms with van der Waals surface area (Å²) < 4.78 is 0. The van der Waals surface area contributed by atoms with Crippen LogP contribution in [0.15, 0.2) is 41.8 Å². The lowest BCUT2D eigenvalue weighted by Crippen LogP contribution is -2.35. The van der Waals surface area contributed by atoms with Crippen molar-refractivity contribution in [2.24, 2.45) is 0 Å². The van der Waals surface area contributed by atoms with Crippen molar-refractivity contribution in [1.29, 1.82) is 0 Å². The summed E-state index contributed by atoms with van der Waals surface area (Å²) in [4.78, 5) is 25.9. The van der Waals surface area contributed by atoms with Crippen LogP contribution in [0.1, 0.15) is 26.8 Å². The zero-order chi connectivity index (χ0) is 15.2. The topological polar surface area (TPSA) is 49.4 Å². The third-order valence-corrected chi connectivity index (χ3v) is 4.47. The quantitative estimate of drug-likeness (QED) is 0.834. The lowest BCUT2D eigenvalue weighted by atomic mass is 10.1. The minimum absolute atomic E-state index is 0.130. The Hall–Kier alpha value is -2.14. The highest BCUT2D eigenvalue weighted by molar-refractivity contribution is 7.10. The number of aryl methyl sites for hydroxylation is 1. The second-order valence-corrected chi connectivity index (χ2v) is 5.78. The molecule has 110 valence electrons. The first-order valence-electron chi connectivity index (χ1n) is 6.68. The van der Waals surface area contributed by atoms with Gasteiger partial charge >= 0.3 is 0 Å². The van der Waals surface area contributed by atoms with Gasteiger partial charge in [0, 0.05) is 24.0 Å². The lowest BCUT2D eigenvalue weighted by Gasteiger charge is -2.24. The van der Waals surface area contributed by atoms with E-state index in [1.165, 1.54) is 0 Å². The Morgan fingerprint density at radius 2 is 2.05 bits per heavy atom. The van der Waals surface area contributed by atoms with E-state index in [1.54, 1.807) is 35.4 Å². The van der Waals surface area contributed by atoms with E-state index in [2.05, 4.69) is 5.32 Å². The number of rotatable bonds is 6. The fourth-order valence-corrected chi connectivity index (χ4v) is 3.18. The van der Waals surface area contributed by atoms with Crippen LogP contribution < -0.4 is 5.32 Å². The molecule has 1 aromatic heterocycles. The second-order valence-electron chi connectivity index (χ2n) is 4.83. The van der Waals surface area contributed by atoms with Crippen LogP contribution in [0.3, 0.4) is 0 Å². The van der Waals surface area contributed by atoms with Crippen molar-refractivity contribution in [2.45, 2.75) is 13.0 Å². The summed E-state index contributed by atoms with van der Waals surface area (Å²) in [6, 6.07) is 10.9. The summed E-state index contributed by atoms with van der Waals surface area (Å²) in [5.74, 6) is -0.130. The summed E-state index contributed by atoms with van der Waals surface area (Å²) >= 11 is 1.60. The smallest absolute Gasteiger partial charge is 0.251 e. The van der Waals surface area contributed by atoms with Gasteiger partial charge in [0.15, 0.2) is 0 Å². The van der Waals surface area contributed by atoms with Gasteiger partial charge in [-0.1, -0.05) is 18.2 Å². The number of thiophene rings is 1. The number of hydrogen-bond acceptors (Lipinski definition) is 3. The predicted octanol–water partition coefficient (Wildman–Crippen LogP) is 2.62. The monoisotopic (exact) mass is 302 g/mol. The molecular weight excluding hydrogens is 284 g/mol. The van der Waals surface area contributed by atoms with Gasteiger partial charge in [0.25, 0.3) is 5.91 Å². The highest BCUT2D eigenvalue weighted by Crippen LogP contribution is 2.26. The fraction of sp³-hybridized carbons (Fsp3) is 0.250. The summed E-state index contributed by atoms with van der Waals surface area (Å²) in [5.41, 5.74) is 1.75. The molecule has 0 aliphatic heterocycles. The number of nitrogens with one attached hydrogen (secondary N) is 1. The van der Waals surface area contributed by atoms with Crippen molar-refractivity contribution in [3.05, 3.63) is 57.8 Å². The Labute approximate surface area is 128 Å². The zero-order valence-electron chi connectivity index (χ0n) is 12.1. The molecule has 1 aromatic carbocycles. The maximum Gasteiger partial charge on any atom is 0.251 e. The Kier molecular flexibility index (Phi) is 5.11. The van der Waals surface area contributed by atoms with Crippen LogP contribution in [-0.4, -0.2) is 30.8 Å². The molecule has 0 radical (unpaired) electrons. The van der Waals surface area contributed by atoms with Gasteiger partial charge in [0.2, 0.25) is 6.41 Å². The molecule has 1 heterocycles. The maximum atomic E-state index is 12.1. The SMILES string of the molecule is Cc1ccsc1C(CNC(=O)c1ccccc1)N(C)C=O. The molecule has 1 atom stereocenters. The number of likely N-dealkylation sites (N-methyl/N-ethyl adjacent to an activating group) is 1. The molecule has 0 saturated heterocycles. The standard InChI is InChI=1S/C16H18N2O2S/c1-12-8-9-21-15(12)14(18(2)11-19)10-17-16(20)13-6-4-3-5-7-13/h3-9,11,14H,10H2,1-2H3,(H,17,20). The summed E-state index contributed by atoms with van der Waals surface area (Å²) in [6.45, 7) is 2.40. The van der Waals surface area contributed by atoms with Gasteiger partial charge in [-0.05, 0) is 36.1 Å². The summed E-state index contributed by atoms with van der Waals surface area (Å²) in [7, 11) is 1.73. The first-order chi connectivity index (χ1) is 10.1. The molecule has 0 saturated carbocycles. The number of carbonyl (C=O) groups is 2. The average Bonchev–Trinajstić information content (AvgIpc) is 2.94. The van der Waals surface area contributed by atoms with Crippen LogP contribution in [0.25, 0.3) is 0 Å². The number of amides is 2. The average molecular weight is 302 g/mol. The van der Waals surface area contributed by atoms with Crippen LogP contribution in [-0.2, 0) is 4.79 Å². The Morgan fingerprint density at radius 3 is 2.62 bits per heavy atom. The van der Waals surface area contributed by atoms with Crippen molar-refractivity contribution >= 4 is 23.7 Å². The Bertz CT molecular complexity index is 610. The normalized spacial score (nSPS) is 11.7. The summed E-state index contributed by atoms with van der Waals surface area (Å²) in [5, 5.41) is 4.89. The van der Waals surface area contributed by atoms with Crippen molar-refractivity contribution in [1.82, 2.24) is 10.2 Å². The molecule has 2 amide bonds. The summed E-state index contributed by atoms with van der Waals surface area (Å²) in [6.07, 6.45) is 0.790. The van der Waals surface area contributed by atoms with Crippen molar-refractivity contribution in [3.63, 3.8) is 0 Å². The number of hydrogen-bond donors (Lipinski definition) is 1. The minimum Gasteiger partial charge on any atom is -0.350 e. The molecule has 2 rings (SSSR count). The number of benzene rings is 1. The largest absolute Gasteiger partial charge is 0.350 e. The van der Waals surface area contributed by atoms with E-state index in [-0.39, 0.29) is 11.9 Å². The molecule has 0 bridgehead atoms. The van der Waals surface area contributed by atoms with Gasteiger partial charge in [-0.25, -0.2) is 0 Å². The van der Waals surface area contributed by atoms with E-state index in [9.17, 15) is 9.59 Å². The van der Waals surface area contributed by atoms with E-state index in [0.29, 0.717) is 12.1 Å². The second kappa shape index (κ2) is 7.04. The van der Waals surface area contributed by atoms with Crippen LogP contribution in [0.2, 0.25) is 0 Å². The van der Waals surface area contributed by atoms with E-state index in [0.717, 1.165) is 16.9 Å². The molecule has 1 unspecified atom stereocenters. The van der Waals surface area contributed by atoms with Gasteiger partial charge in [-0.15, -0.1) is 11.3 Å². The Morgan fingerprint density at radius 1 is 1.33 bits per heavy atom. The molecule has 4 nitrogen and oxygen atoms in total. The first-order valence-corrected chi connectivity index (χ1v) is 7.56. The molecule has 5 heteroatoms. The van der Waals surface area contributed by atoms with Gasteiger partial charge in [-0.3, -0.25) is 9.59 Å². The van der Waals surface area contributed by atoms with E-state index in [1.807, 2.05) is 36.6 Å². The Balaban J connectivity index is 2.08. The lowest BCUT2D eigenvalue weighted by molar-refractivity contribution is -0.118. The molecule has 21 heavy (non-hydrogen) atoms.